The normalized spacial score (nSPS) is 10.4. The van der Waals surface area contributed by atoms with Gasteiger partial charge < -0.3 is 23.7 Å². The molecule has 30 nitrogen and oxygen atoms in total. The maximum absolute atomic E-state index is 13.0. The van der Waals surface area contributed by atoms with Gasteiger partial charge in [-0.05, 0) is 125 Å². The molecule has 0 aliphatic heterocycles. The molecule has 0 saturated carbocycles. The van der Waals surface area contributed by atoms with Crippen molar-refractivity contribution in [1.82, 2.24) is 99.0 Å². The van der Waals surface area contributed by atoms with Gasteiger partial charge in [0.25, 0.3) is 5.76 Å². The number of tetrazole rings is 5. The molecule has 0 aliphatic carbocycles. The van der Waals surface area contributed by atoms with E-state index in [1.165, 1.54) is 39.8 Å². The number of aromatic nitrogens is 20. The minimum absolute atomic E-state index is 0. The zero-order valence-electron chi connectivity index (χ0n) is 76.3. The summed E-state index contributed by atoms with van der Waals surface area (Å²) in [5.41, 5.74) is 14.4. The predicted molar refractivity (Wildman–Crippen MR) is 487 cm³/mol. The number of allylic oxidation sites excluding steroid dienone is 2. The van der Waals surface area contributed by atoms with Gasteiger partial charge in [-0.2, -0.15) is 147 Å². The molecule has 0 N–H and O–H groups in total. The van der Waals surface area contributed by atoms with Crippen molar-refractivity contribution >= 4 is 29.5 Å². The van der Waals surface area contributed by atoms with Crippen LogP contribution >= 0.6 is 11.8 Å². The van der Waals surface area contributed by atoms with Crippen molar-refractivity contribution in [1.29, 1.82) is 0 Å². The molecule has 0 amide bonds. The number of terminal acetylenes is 1. The van der Waals surface area contributed by atoms with Crippen LogP contribution in [-0.4, -0.2) is 105 Å². The number of nitrogens with zero attached hydrogens (tertiary/aromatic N) is 20. The van der Waals surface area contributed by atoms with E-state index in [-0.39, 0.29) is 206 Å². The number of alkyl halides is 2. The molecule has 0 atom stereocenters. The van der Waals surface area contributed by atoms with E-state index in [0.29, 0.717) is 80.7 Å². The van der Waals surface area contributed by atoms with Crippen LogP contribution in [0.15, 0.2) is 230 Å². The van der Waals surface area contributed by atoms with Gasteiger partial charge in [0.15, 0.2) is 0 Å². The maximum Gasteiger partial charge on any atom is 0.368 e. The van der Waals surface area contributed by atoms with E-state index in [4.69, 9.17) is 30.1 Å². The summed E-state index contributed by atoms with van der Waals surface area (Å²) < 4.78 is 68.1. The number of hydrogen-bond donors (Lipinski definition) is 0. The minimum atomic E-state index is -2.60. The van der Waals surface area contributed by atoms with Crippen LogP contribution in [0.4, 0.5) is 8.78 Å². The molecule has 0 saturated heterocycles. The number of rotatable bonds is 30. The van der Waals surface area contributed by atoms with Gasteiger partial charge in [-0.3, -0.25) is 0 Å². The Balaban J connectivity index is 0.000000255. The van der Waals surface area contributed by atoms with Crippen LogP contribution in [0.25, 0.3) is 46.2 Å². The Morgan fingerprint density at radius 1 is 0.403 bits per heavy atom. The number of benzene rings is 10. The summed E-state index contributed by atoms with van der Waals surface area (Å²) in [6.07, 6.45) is 15.5. The number of hydrogen-bond acceptors (Lipinski definition) is 21. The van der Waals surface area contributed by atoms with E-state index < -0.39 is 11.4 Å². The second-order valence-electron chi connectivity index (χ2n) is 28.4. The van der Waals surface area contributed by atoms with Gasteiger partial charge >= 0.3 is 28.4 Å². The van der Waals surface area contributed by atoms with Crippen molar-refractivity contribution in [3.8, 4) is 69.5 Å². The second kappa shape index (κ2) is 55.9. The largest absolute Gasteiger partial charge is 0.514 e. The molecule has 10 aromatic carbocycles. The molecule has 15 aromatic rings. The molecule has 0 bridgehead atoms. The molecule has 38 heteroatoms. The zero-order valence-corrected chi connectivity index (χ0v) is 91.3. The molecule has 5 heterocycles. The van der Waals surface area contributed by atoms with Crippen molar-refractivity contribution in [3.05, 3.63) is 362 Å². The Kier molecular flexibility index (Phi) is 47.1. The van der Waals surface area contributed by atoms with Crippen molar-refractivity contribution in [2.75, 3.05) is 0 Å². The summed E-state index contributed by atoms with van der Waals surface area (Å²) in [6, 6.07) is 70.2. The molecule has 134 heavy (non-hydrogen) atoms. The van der Waals surface area contributed by atoms with Gasteiger partial charge in [-0.25, -0.2) is 24.0 Å². The minimum Gasteiger partial charge on any atom is -0.514 e. The first kappa shape index (κ1) is 113. The number of aryl methyl sites for hydroxylation is 10. The van der Waals surface area contributed by atoms with E-state index >= 15 is 0 Å². The van der Waals surface area contributed by atoms with E-state index in [9.17, 15) is 32.8 Å². The molecular formula is C96H95F2N20O10SY5-5. The first-order valence-electron chi connectivity index (χ1n) is 41.0. The molecule has 0 spiro atoms. The first-order valence-corrected chi connectivity index (χ1v) is 41.9. The van der Waals surface area contributed by atoms with E-state index in [1.54, 1.807) is 82.8 Å². The third-order valence-corrected chi connectivity index (χ3v) is 21.0. The molecular weight excluding hydrogens is 2110 g/mol. The molecule has 0 aliphatic rings. The van der Waals surface area contributed by atoms with Crippen LogP contribution < -0.4 is 52.1 Å². The topological polar surface area (TPSA) is 310 Å². The van der Waals surface area contributed by atoms with Gasteiger partial charge in [0.1, 0.15) is 33.0 Å². The number of thioether (sulfide) groups is 1. The third-order valence-electron chi connectivity index (χ3n) is 20.2. The van der Waals surface area contributed by atoms with Gasteiger partial charge in [0, 0.05) is 266 Å². The summed E-state index contributed by atoms with van der Waals surface area (Å²) in [4.78, 5) is 61.6. The summed E-state index contributed by atoms with van der Waals surface area (Å²) in [6.45, 7) is 23.2. The molecule has 0 unspecified atom stereocenters. The number of ether oxygens (including phenoxy) is 5. The van der Waals surface area contributed by atoms with Crippen LogP contribution in [0, 0.1) is 42.7 Å². The second-order valence-corrected chi connectivity index (χ2v) is 29.5. The molecule has 5 radical (unpaired) electrons. The average molecular weight is 2200 g/mol. The van der Waals surface area contributed by atoms with Crippen molar-refractivity contribution < 1.29 is 196 Å². The smallest absolute Gasteiger partial charge is 0.368 e. The summed E-state index contributed by atoms with van der Waals surface area (Å²) >= 11 is 0.402. The van der Waals surface area contributed by atoms with Gasteiger partial charge in [-0.1, -0.05) is 170 Å². The van der Waals surface area contributed by atoms with Gasteiger partial charge in [0.2, 0.25) is 0 Å². The van der Waals surface area contributed by atoms with Crippen molar-refractivity contribution in [3.63, 3.8) is 0 Å². The van der Waals surface area contributed by atoms with Crippen LogP contribution in [0.2, 0.25) is 0 Å². The van der Waals surface area contributed by atoms with Crippen LogP contribution in [0.3, 0.4) is 0 Å². The van der Waals surface area contributed by atoms with Crippen LogP contribution in [0.5, 0.6) is 28.7 Å². The number of halogens is 2. The fourth-order valence-corrected chi connectivity index (χ4v) is 14.0. The summed E-state index contributed by atoms with van der Waals surface area (Å²) in [7, 11) is 7.71. The zero-order chi connectivity index (χ0) is 92.2. The van der Waals surface area contributed by atoms with Crippen molar-refractivity contribution in [2.24, 2.45) is 35.2 Å². The standard InChI is InChI=1S/2C20H21N4O2.C19H19N4O2.C19H17N4O2.C18H17F2N4O2S.5Y/c1-5-15-9-6-7-12-19(15)26-13-17-16(14(2)3)10-8-11-18(17)24-20(25)23(4)21-22-24;1-4-9-16-11-8-12-18(24-20(25)23(3)21-22-24)17(16)14-26-19-13-7-6-10-15(19)5-2;2*1-4-14-10-8-11-17(23-19(24)22(3)20-21-23)16(14)13-25-18-12-7-6-9-15(18)5-2;1-3-12-7-4-5-9-15(12)26-11-13-14(24-18(25)23(2)21-22-24)8-6-10-16(13)27-17(19)20;;;;;/h7-12H,2,5,13H2,1,3-4H3;4,7-13H,5,14H2,1-3H3;4,7-12H,1,5,13H2,2-3H3;1,7-12H,5,13H2,2-3H3;5-10,17H,3,11H2,1-2H3;;;;;/q5*-1;;;;;/b;9-4+;;;;;;;;. The average Bonchev–Trinajstić information content (AvgIpc) is 1.61. The van der Waals surface area contributed by atoms with E-state index in [1.807, 2.05) is 166 Å². The SMILES string of the molecule is C#Cc1cccc(-n2nnn(C)c2=O)c1COc1cc[c-]cc1CC.C/C=C/c1cccc(-n2nnn(C)c2=O)c1COc1cc[c-]cc1CC.C=C(C)c1cccc(-n2nnn(C)c2=O)c1COc1cc[c-]cc1CC.C=Cc1cccc(-n2nnn(C)c2=O)c1COc1cc[c-]cc1CC.CCc1c[c-]ccc1OCc1c(SC(F)F)cccc1-n1nnn(C)c1=O.[Y].[Y].[Y].[Y].[Y]. The quantitative estimate of drug-likeness (QED) is 0.0229. The van der Waals surface area contributed by atoms with E-state index in [2.05, 4.69) is 129 Å². The predicted octanol–water partition coefficient (Wildman–Crippen LogP) is 13.5. The maximum atomic E-state index is 13.0. The Morgan fingerprint density at radius 2 is 0.679 bits per heavy atom. The van der Waals surface area contributed by atoms with E-state index in [0.717, 1.165) is 136 Å². The fraction of sp³-hybridized carbons (Fsp3) is 0.240. The first-order chi connectivity index (χ1) is 62.5. The van der Waals surface area contributed by atoms with Crippen LogP contribution in [0.1, 0.15) is 126 Å². The molecule has 15 rings (SSSR count). The van der Waals surface area contributed by atoms with Crippen molar-refractivity contribution in [2.45, 2.75) is 124 Å². The molecule has 679 valence electrons. The Bertz CT molecular complexity index is 6830. The monoisotopic (exact) mass is 2200 g/mol. The van der Waals surface area contributed by atoms with Gasteiger partial charge in [0.05, 0.1) is 28.4 Å². The Labute approximate surface area is 904 Å². The summed E-state index contributed by atoms with van der Waals surface area (Å²) in [5, 5.41) is 38.4. The fourth-order valence-electron chi connectivity index (χ4n) is 13.3. The summed E-state index contributed by atoms with van der Waals surface area (Å²) in [5.74, 6) is 3.88. The Morgan fingerprint density at radius 3 is 0.978 bits per heavy atom. The molecule has 5 aromatic heterocycles. The third kappa shape index (κ3) is 28.6. The molecule has 0 fully saturated rings. The van der Waals surface area contributed by atoms with Crippen LogP contribution in [-0.2, 0) is 264 Å². The van der Waals surface area contributed by atoms with Gasteiger partial charge in [-0.15, -0.1) is 64.6 Å². The Hall–Kier alpha value is -9.94.